The van der Waals surface area contributed by atoms with Crippen molar-refractivity contribution in [3.8, 4) is 6.07 Å². The Kier molecular flexibility index (Phi) is 4.55. The lowest BCUT2D eigenvalue weighted by molar-refractivity contribution is -0.131. The van der Waals surface area contributed by atoms with Crippen molar-refractivity contribution in [2.45, 2.75) is 6.42 Å². The molecule has 0 aromatic heterocycles. The highest BCUT2D eigenvalue weighted by Gasteiger charge is 1.90. The summed E-state index contributed by atoms with van der Waals surface area (Å²) in [5, 5.41) is 16.9. The van der Waals surface area contributed by atoms with Crippen LogP contribution in [0, 0.1) is 11.3 Å². The molecule has 0 fully saturated rings. The van der Waals surface area contributed by atoms with E-state index in [-0.39, 0.29) is 0 Å². The lowest BCUT2D eigenvalue weighted by Crippen LogP contribution is -1.84. The van der Waals surface area contributed by atoms with E-state index in [1.54, 1.807) is 18.2 Å². The van der Waals surface area contributed by atoms with Gasteiger partial charge in [-0.05, 0) is 24.1 Å². The Bertz CT molecular complexity index is 450. The van der Waals surface area contributed by atoms with Crippen LogP contribution in [0.5, 0.6) is 0 Å². The quantitative estimate of drug-likeness (QED) is 0.616. The largest absolute Gasteiger partial charge is 0.478 e. The zero-order valence-corrected chi connectivity index (χ0v) is 8.63. The minimum atomic E-state index is -0.956. The van der Waals surface area contributed by atoms with Crippen molar-refractivity contribution in [2.24, 2.45) is 0 Å². The maximum Gasteiger partial charge on any atom is 0.328 e. The minimum Gasteiger partial charge on any atom is -0.478 e. The second-order valence-corrected chi connectivity index (χ2v) is 3.14. The fourth-order valence-corrected chi connectivity index (χ4v) is 1.14. The first-order valence-corrected chi connectivity index (χ1v) is 4.77. The lowest BCUT2D eigenvalue weighted by atomic mass is 10.1. The van der Waals surface area contributed by atoms with Crippen molar-refractivity contribution < 1.29 is 9.90 Å². The third-order valence-electron chi connectivity index (χ3n) is 1.92. The zero-order chi connectivity index (χ0) is 11.8. The van der Waals surface area contributed by atoms with Gasteiger partial charge in [-0.25, -0.2) is 4.79 Å². The molecule has 1 aromatic rings. The van der Waals surface area contributed by atoms with Crippen molar-refractivity contribution in [2.75, 3.05) is 0 Å². The highest BCUT2D eigenvalue weighted by Crippen LogP contribution is 2.04. The number of carboxylic acid groups (broad SMARTS) is 1. The molecule has 16 heavy (non-hydrogen) atoms. The number of hydrogen-bond acceptors (Lipinski definition) is 2. The van der Waals surface area contributed by atoms with Crippen LogP contribution in [-0.4, -0.2) is 11.1 Å². The molecule has 0 aliphatic rings. The van der Waals surface area contributed by atoms with Crippen LogP contribution >= 0.6 is 0 Å². The molecule has 0 aliphatic carbocycles. The minimum absolute atomic E-state index is 0.638. The Morgan fingerprint density at radius 3 is 2.56 bits per heavy atom. The number of carbonyl (C=O) groups is 1. The van der Waals surface area contributed by atoms with Gasteiger partial charge in [-0.2, -0.15) is 5.26 Å². The standard InChI is InChI=1S/C13H11NO2/c14-10-12-8-6-11(7-9-12)4-2-1-3-5-13(15)16/h1-3,5-9H,4H2,(H,15,16)/b2-1+,5-3+. The molecule has 1 N–H and O–H groups in total. The highest BCUT2D eigenvalue weighted by atomic mass is 16.4. The van der Waals surface area contributed by atoms with Gasteiger partial charge in [0.25, 0.3) is 0 Å². The van der Waals surface area contributed by atoms with Gasteiger partial charge in [0.05, 0.1) is 11.6 Å². The second kappa shape index (κ2) is 6.20. The number of nitrogens with zero attached hydrogens (tertiary/aromatic N) is 1. The van der Waals surface area contributed by atoms with Gasteiger partial charge < -0.3 is 5.11 Å². The SMILES string of the molecule is N#Cc1ccc(C/C=C/C=C/C(=O)O)cc1. The third kappa shape index (κ3) is 4.25. The van der Waals surface area contributed by atoms with E-state index in [1.165, 1.54) is 6.08 Å². The van der Waals surface area contributed by atoms with Gasteiger partial charge in [-0.15, -0.1) is 0 Å². The average Bonchev–Trinajstić information content (AvgIpc) is 2.29. The molecule has 0 saturated heterocycles. The molecule has 0 aliphatic heterocycles. The monoisotopic (exact) mass is 213 g/mol. The van der Waals surface area contributed by atoms with Crippen molar-refractivity contribution in [1.82, 2.24) is 0 Å². The third-order valence-corrected chi connectivity index (χ3v) is 1.92. The number of benzene rings is 1. The Morgan fingerprint density at radius 2 is 2.00 bits per heavy atom. The van der Waals surface area contributed by atoms with E-state index in [0.717, 1.165) is 18.1 Å². The molecule has 1 rings (SSSR count). The lowest BCUT2D eigenvalue weighted by Gasteiger charge is -1.94. The van der Waals surface area contributed by atoms with Gasteiger partial charge in [0, 0.05) is 6.08 Å². The van der Waals surface area contributed by atoms with E-state index in [9.17, 15) is 4.79 Å². The van der Waals surface area contributed by atoms with Crippen molar-refractivity contribution in [3.05, 3.63) is 59.7 Å². The van der Waals surface area contributed by atoms with E-state index >= 15 is 0 Å². The highest BCUT2D eigenvalue weighted by molar-refractivity contribution is 5.80. The molecule has 3 nitrogen and oxygen atoms in total. The molecule has 0 bridgehead atoms. The Hall–Kier alpha value is -2.34. The molecule has 0 unspecified atom stereocenters. The molecular formula is C13H11NO2. The summed E-state index contributed by atoms with van der Waals surface area (Å²) < 4.78 is 0. The van der Waals surface area contributed by atoms with Crippen LogP contribution in [0.3, 0.4) is 0 Å². The van der Waals surface area contributed by atoms with Crippen LogP contribution in [0.25, 0.3) is 0 Å². The predicted molar refractivity (Wildman–Crippen MR) is 60.8 cm³/mol. The normalized spacial score (nSPS) is 10.7. The summed E-state index contributed by atoms with van der Waals surface area (Å²) in [6.07, 6.45) is 6.82. The van der Waals surface area contributed by atoms with Crippen LogP contribution in [0.2, 0.25) is 0 Å². The number of hydrogen-bond donors (Lipinski definition) is 1. The number of rotatable bonds is 4. The topological polar surface area (TPSA) is 61.1 Å². The Labute approximate surface area is 94.0 Å². The van der Waals surface area contributed by atoms with Crippen LogP contribution in [0.4, 0.5) is 0 Å². The summed E-state index contributed by atoms with van der Waals surface area (Å²) in [6.45, 7) is 0. The molecule has 0 radical (unpaired) electrons. The van der Waals surface area contributed by atoms with Gasteiger partial charge in [0.2, 0.25) is 0 Å². The zero-order valence-electron chi connectivity index (χ0n) is 8.63. The summed E-state index contributed by atoms with van der Waals surface area (Å²) >= 11 is 0. The van der Waals surface area contributed by atoms with E-state index in [4.69, 9.17) is 10.4 Å². The molecule has 3 heteroatoms. The molecule has 0 saturated carbocycles. The van der Waals surface area contributed by atoms with Crippen molar-refractivity contribution in [3.63, 3.8) is 0 Å². The first-order chi connectivity index (χ1) is 7.72. The maximum absolute atomic E-state index is 10.2. The molecular weight excluding hydrogens is 202 g/mol. The van der Waals surface area contributed by atoms with Crippen molar-refractivity contribution >= 4 is 5.97 Å². The van der Waals surface area contributed by atoms with E-state index in [2.05, 4.69) is 0 Å². The smallest absolute Gasteiger partial charge is 0.328 e. The molecule has 80 valence electrons. The molecule has 1 aromatic carbocycles. The van der Waals surface area contributed by atoms with Crippen molar-refractivity contribution in [1.29, 1.82) is 5.26 Å². The van der Waals surface area contributed by atoms with Crippen LogP contribution in [0.15, 0.2) is 48.6 Å². The summed E-state index contributed by atoms with van der Waals surface area (Å²) in [6, 6.07) is 9.33. The molecule has 0 spiro atoms. The number of allylic oxidation sites excluding steroid dienone is 3. The van der Waals surface area contributed by atoms with Gasteiger partial charge >= 0.3 is 5.97 Å². The fourth-order valence-electron chi connectivity index (χ4n) is 1.14. The number of carboxylic acids is 1. The van der Waals surface area contributed by atoms with Gasteiger partial charge in [0.1, 0.15) is 0 Å². The Balaban J connectivity index is 2.49. The molecule has 0 amide bonds. The van der Waals surface area contributed by atoms with Crippen LogP contribution in [0.1, 0.15) is 11.1 Å². The number of nitriles is 1. The van der Waals surface area contributed by atoms with E-state index in [0.29, 0.717) is 5.56 Å². The van der Waals surface area contributed by atoms with Crippen LogP contribution in [-0.2, 0) is 11.2 Å². The summed E-state index contributed by atoms with van der Waals surface area (Å²) in [4.78, 5) is 10.2. The second-order valence-electron chi connectivity index (χ2n) is 3.14. The van der Waals surface area contributed by atoms with Gasteiger partial charge in [0.15, 0.2) is 0 Å². The summed E-state index contributed by atoms with van der Waals surface area (Å²) in [5.41, 5.74) is 1.72. The predicted octanol–water partition coefficient (Wildman–Crippen LogP) is 2.30. The first kappa shape index (κ1) is 11.7. The molecule has 0 atom stereocenters. The van der Waals surface area contributed by atoms with Gasteiger partial charge in [-0.1, -0.05) is 30.4 Å². The van der Waals surface area contributed by atoms with E-state index < -0.39 is 5.97 Å². The van der Waals surface area contributed by atoms with Gasteiger partial charge in [-0.3, -0.25) is 0 Å². The number of aliphatic carboxylic acids is 1. The Morgan fingerprint density at radius 1 is 1.31 bits per heavy atom. The average molecular weight is 213 g/mol. The summed E-state index contributed by atoms with van der Waals surface area (Å²) in [5.74, 6) is -0.956. The molecule has 0 heterocycles. The maximum atomic E-state index is 10.2. The first-order valence-electron chi connectivity index (χ1n) is 4.77. The van der Waals surface area contributed by atoms with Crippen LogP contribution < -0.4 is 0 Å². The fraction of sp³-hybridized carbons (Fsp3) is 0.0769. The van der Waals surface area contributed by atoms with E-state index in [1.807, 2.05) is 24.3 Å². The summed E-state index contributed by atoms with van der Waals surface area (Å²) in [7, 11) is 0.